The fourth-order valence-electron chi connectivity index (χ4n) is 1.21. The van der Waals surface area contributed by atoms with Crippen LogP contribution in [0, 0.1) is 20.2 Å². The van der Waals surface area contributed by atoms with Crippen LogP contribution in [0.1, 0.15) is 0 Å². The quantitative estimate of drug-likeness (QED) is 0.0701. The summed E-state index contributed by atoms with van der Waals surface area (Å²) in [4.78, 5) is 31.1. The minimum atomic E-state index is -1.80. The number of halogens is 1. The minimum Gasteiger partial charge on any atom is -0.691 e. The zero-order valence-electron chi connectivity index (χ0n) is 11.4. The van der Waals surface area contributed by atoms with Crippen molar-refractivity contribution in [3.8, 4) is 5.75 Å². The number of carbonyl (C=O) groups excluding carboxylic acids is 1. The zero-order valence-corrected chi connectivity index (χ0v) is 14.9. The first-order valence-electron chi connectivity index (χ1n) is 5.23. The predicted molar refractivity (Wildman–Crippen MR) is 68.3 cm³/mol. The van der Waals surface area contributed by atoms with Crippen molar-refractivity contribution in [2.75, 3.05) is 5.88 Å². The summed E-state index contributed by atoms with van der Waals surface area (Å²) in [6.07, 6.45) is 0. The number of nitro benzene ring substituents is 1. The molecule has 11 nitrogen and oxygen atoms in total. The van der Waals surface area contributed by atoms with Crippen LogP contribution in [-0.2, 0) is 14.2 Å². The number of hydrogen-bond donors (Lipinski definition) is 0. The molecule has 0 fully saturated rings. The number of alkyl halides is 1. The first kappa shape index (κ1) is 22.0. The van der Waals surface area contributed by atoms with E-state index in [1.165, 1.54) is 0 Å². The van der Waals surface area contributed by atoms with Gasteiger partial charge in [-0.05, 0) is 12.1 Å². The Morgan fingerprint density at radius 3 is 2.48 bits per heavy atom. The van der Waals surface area contributed by atoms with Crippen molar-refractivity contribution < 1.29 is 63.6 Å². The number of esters is 1. The standard InChI is InChI=1S/C9H7ClN2O9S.Na/c10-4-7(12(16)17)9(13)19-5-1-2-8(22-21-20-18)6(3-5)11(14)15;/h1-3,7,18H,4H2;/q;+1/p-1. The second kappa shape index (κ2) is 10.7. The monoisotopic (exact) mass is 376 g/mol. The van der Waals surface area contributed by atoms with Gasteiger partial charge in [0, 0.05) is 4.92 Å². The molecule has 0 saturated carbocycles. The summed E-state index contributed by atoms with van der Waals surface area (Å²) in [7, 11) is 0. The molecule has 0 heterocycles. The van der Waals surface area contributed by atoms with E-state index in [0.29, 0.717) is 0 Å². The Hall–Kier alpha value is -0.990. The van der Waals surface area contributed by atoms with Crippen LogP contribution in [0.5, 0.6) is 5.75 Å². The van der Waals surface area contributed by atoms with Gasteiger partial charge in [0.15, 0.2) is 0 Å². The third-order valence-electron chi connectivity index (χ3n) is 2.17. The molecule has 0 aliphatic heterocycles. The number of ether oxygens (including phenoxy) is 1. The molecule has 1 aromatic carbocycles. The van der Waals surface area contributed by atoms with Gasteiger partial charge in [-0.1, -0.05) is 0 Å². The van der Waals surface area contributed by atoms with Crippen LogP contribution < -0.4 is 39.6 Å². The summed E-state index contributed by atoms with van der Waals surface area (Å²) in [5.41, 5.74) is -0.559. The molecule has 0 spiro atoms. The molecule has 0 aliphatic rings. The van der Waals surface area contributed by atoms with E-state index in [4.69, 9.17) is 11.6 Å². The summed E-state index contributed by atoms with van der Waals surface area (Å²) in [5, 5.41) is 34.2. The van der Waals surface area contributed by atoms with Gasteiger partial charge >= 0.3 is 41.6 Å². The molecule has 1 atom stereocenters. The Labute approximate surface area is 159 Å². The van der Waals surface area contributed by atoms with Crippen molar-refractivity contribution in [2.45, 2.75) is 10.9 Å². The summed E-state index contributed by atoms with van der Waals surface area (Å²) in [6.45, 7) is 0. The second-order valence-corrected chi connectivity index (χ2v) is 4.53. The fraction of sp³-hybridized carbons (Fsp3) is 0.222. The van der Waals surface area contributed by atoms with Crippen molar-refractivity contribution >= 4 is 35.3 Å². The van der Waals surface area contributed by atoms with Crippen molar-refractivity contribution in [3.63, 3.8) is 0 Å². The van der Waals surface area contributed by atoms with Crippen molar-refractivity contribution in [2.24, 2.45) is 0 Å². The molecule has 0 saturated heterocycles. The molecule has 0 radical (unpaired) electrons. The van der Waals surface area contributed by atoms with E-state index in [2.05, 4.69) is 14.1 Å². The summed E-state index contributed by atoms with van der Waals surface area (Å²) >= 11 is 5.55. The molecule has 0 aromatic heterocycles. The van der Waals surface area contributed by atoms with E-state index in [1.54, 1.807) is 0 Å². The second-order valence-electron chi connectivity index (χ2n) is 3.48. The Morgan fingerprint density at radius 2 is 2.00 bits per heavy atom. The van der Waals surface area contributed by atoms with E-state index in [1.807, 2.05) is 0 Å². The van der Waals surface area contributed by atoms with E-state index in [9.17, 15) is 30.3 Å². The van der Waals surface area contributed by atoms with Gasteiger partial charge in [0.25, 0.3) is 5.69 Å². The van der Waals surface area contributed by atoms with Crippen LogP contribution >= 0.6 is 23.6 Å². The molecule has 14 heteroatoms. The summed E-state index contributed by atoms with van der Waals surface area (Å²) < 4.78 is 8.63. The Kier molecular flexibility index (Phi) is 10.3. The van der Waals surface area contributed by atoms with Crippen LogP contribution in [-0.4, -0.2) is 27.7 Å². The topological polar surface area (TPSA) is 154 Å². The molecule has 23 heavy (non-hydrogen) atoms. The van der Waals surface area contributed by atoms with E-state index < -0.39 is 33.4 Å². The number of nitrogens with zero attached hydrogens (tertiary/aromatic N) is 2. The minimum absolute atomic E-state index is 0. The third kappa shape index (κ3) is 6.56. The molecule has 0 aliphatic carbocycles. The number of carbonyl (C=O) groups is 1. The number of hydrogen-bond acceptors (Lipinski definition) is 10. The number of benzene rings is 1. The first-order valence-corrected chi connectivity index (χ1v) is 6.51. The van der Waals surface area contributed by atoms with Crippen molar-refractivity contribution in [3.05, 3.63) is 38.4 Å². The third-order valence-corrected chi connectivity index (χ3v) is 3.11. The molecule has 0 N–H and O–H groups in total. The molecule has 120 valence electrons. The maximum absolute atomic E-state index is 11.5. The van der Waals surface area contributed by atoms with E-state index in [-0.39, 0.29) is 52.2 Å². The molecule has 1 aromatic rings. The molecular weight excluding hydrogens is 371 g/mol. The van der Waals surface area contributed by atoms with E-state index >= 15 is 0 Å². The normalized spacial score (nSPS) is 11.2. The van der Waals surface area contributed by atoms with Crippen LogP contribution in [0.15, 0.2) is 23.1 Å². The Morgan fingerprint density at radius 1 is 1.35 bits per heavy atom. The number of rotatable bonds is 8. The van der Waals surface area contributed by atoms with Gasteiger partial charge in [-0.25, -0.2) is 4.79 Å². The molecule has 1 rings (SSSR count). The van der Waals surface area contributed by atoms with Crippen LogP contribution in [0.2, 0.25) is 0 Å². The zero-order chi connectivity index (χ0) is 16.7. The summed E-state index contributed by atoms with van der Waals surface area (Å²) in [5.74, 6) is -2.19. The van der Waals surface area contributed by atoms with Gasteiger partial charge in [0.05, 0.1) is 23.0 Å². The van der Waals surface area contributed by atoms with Gasteiger partial charge in [0.2, 0.25) is 0 Å². The Balaban J connectivity index is 0.00000484. The van der Waals surface area contributed by atoms with Crippen molar-refractivity contribution in [1.29, 1.82) is 0 Å². The maximum atomic E-state index is 11.5. The number of nitro groups is 2. The van der Waals surface area contributed by atoms with Gasteiger partial charge in [0.1, 0.15) is 16.5 Å². The molecule has 1 unspecified atom stereocenters. The maximum Gasteiger partial charge on any atom is 1.00 e. The van der Waals surface area contributed by atoms with Crippen LogP contribution in [0.4, 0.5) is 5.69 Å². The predicted octanol–water partition coefficient (Wildman–Crippen LogP) is -2.38. The molecular formula is C9H6ClN2NaO9S. The van der Waals surface area contributed by atoms with Gasteiger partial charge in [-0.15, -0.1) is 11.6 Å². The van der Waals surface area contributed by atoms with E-state index in [0.717, 1.165) is 18.2 Å². The average Bonchev–Trinajstić information content (AvgIpc) is 2.45. The molecule has 0 amide bonds. The van der Waals surface area contributed by atoms with Gasteiger partial charge in [-0.3, -0.25) is 25.3 Å². The van der Waals surface area contributed by atoms with Crippen LogP contribution in [0.25, 0.3) is 0 Å². The smallest absolute Gasteiger partial charge is 0.691 e. The van der Waals surface area contributed by atoms with Crippen molar-refractivity contribution in [1.82, 2.24) is 0 Å². The fourth-order valence-corrected chi connectivity index (χ4v) is 1.90. The average molecular weight is 377 g/mol. The van der Waals surface area contributed by atoms with Crippen LogP contribution in [0.3, 0.4) is 0 Å². The van der Waals surface area contributed by atoms with Gasteiger partial charge < -0.3 is 9.99 Å². The SMILES string of the molecule is O=C(Oc1ccc(SOO[O-])c([N+](=O)[O-])c1)C(CCl)[N+](=O)[O-].[Na+]. The Bertz CT molecular complexity index is 590. The largest absolute Gasteiger partial charge is 1.00 e. The first-order chi connectivity index (χ1) is 10.4. The van der Waals surface area contributed by atoms with Gasteiger partial charge in [-0.2, -0.15) is 4.33 Å². The molecule has 0 bridgehead atoms. The summed E-state index contributed by atoms with van der Waals surface area (Å²) in [6, 6.07) is 1.26.